The highest BCUT2D eigenvalue weighted by Gasteiger charge is 2.42. The lowest BCUT2D eigenvalue weighted by molar-refractivity contribution is -0.110. The van der Waals surface area contributed by atoms with Gasteiger partial charge in [-0.3, -0.25) is 4.79 Å². The number of hydrogen-bond acceptors (Lipinski definition) is 3. The molecule has 90 valence electrons. The molecule has 0 radical (unpaired) electrons. The molecule has 0 spiro atoms. The Morgan fingerprint density at radius 2 is 2.22 bits per heavy atom. The first-order valence-electron chi connectivity index (χ1n) is 6.17. The Morgan fingerprint density at radius 3 is 3.11 bits per heavy atom. The molecule has 18 heavy (non-hydrogen) atoms. The molecule has 1 aliphatic heterocycles. The minimum Gasteiger partial charge on any atom is -0.289 e. The summed E-state index contributed by atoms with van der Waals surface area (Å²) in [5.74, 6) is 0.929. The van der Waals surface area contributed by atoms with Crippen molar-refractivity contribution in [1.29, 1.82) is 0 Å². The highest BCUT2D eigenvalue weighted by Crippen LogP contribution is 2.49. The van der Waals surface area contributed by atoms with E-state index in [0.717, 1.165) is 18.5 Å². The van der Waals surface area contributed by atoms with Crippen molar-refractivity contribution >= 4 is 21.7 Å². The normalized spacial score (nSPS) is 36.3. The molecule has 0 aromatic carbocycles. The number of carbonyl (C=O) groups excluding carboxylic acids is 1. The summed E-state index contributed by atoms with van der Waals surface area (Å²) in [6.45, 7) is 0.818. The third kappa shape index (κ3) is 1.27. The third-order valence-electron chi connectivity index (χ3n) is 4.20. The Kier molecular flexibility index (Phi) is 2.13. The summed E-state index contributed by atoms with van der Waals surface area (Å²) in [6, 6.07) is 0.342. The average molecular weight is 303 g/mol. The van der Waals surface area contributed by atoms with Crippen LogP contribution in [0.1, 0.15) is 6.42 Å². The van der Waals surface area contributed by atoms with Gasteiger partial charge in [0.05, 0.1) is 17.1 Å². The summed E-state index contributed by atoms with van der Waals surface area (Å²) in [4.78, 5) is 11.8. The Bertz CT molecular complexity index is 609. The van der Waals surface area contributed by atoms with Crippen LogP contribution in [0.3, 0.4) is 0 Å². The van der Waals surface area contributed by atoms with Crippen molar-refractivity contribution in [3.63, 3.8) is 0 Å². The fraction of sp³-hybridized carbons (Fsp3) is 0.357. The van der Waals surface area contributed by atoms with E-state index in [1.165, 1.54) is 11.1 Å². The van der Waals surface area contributed by atoms with E-state index in [0.29, 0.717) is 22.4 Å². The predicted octanol–water partition coefficient (Wildman–Crippen LogP) is 3.11. The first kappa shape index (κ1) is 10.6. The van der Waals surface area contributed by atoms with Crippen molar-refractivity contribution in [2.75, 3.05) is 6.54 Å². The van der Waals surface area contributed by atoms with Crippen LogP contribution in [0.15, 0.2) is 55.7 Å². The van der Waals surface area contributed by atoms with E-state index in [2.05, 4.69) is 38.3 Å². The van der Waals surface area contributed by atoms with Gasteiger partial charge in [-0.15, -0.1) is 0 Å². The van der Waals surface area contributed by atoms with Crippen LogP contribution in [0.2, 0.25) is 0 Å². The molecule has 3 aliphatic carbocycles. The zero-order valence-corrected chi connectivity index (χ0v) is 11.2. The van der Waals surface area contributed by atoms with E-state index in [1.807, 2.05) is 6.08 Å². The van der Waals surface area contributed by atoms with Gasteiger partial charge in [-0.05, 0) is 39.6 Å². The van der Waals surface area contributed by atoms with Crippen LogP contribution in [-0.2, 0) is 4.79 Å². The molecule has 0 fully saturated rings. The summed E-state index contributed by atoms with van der Waals surface area (Å²) in [5.41, 5.74) is 3.56. The predicted molar refractivity (Wildman–Crippen MR) is 71.4 cm³/mol. The van der Waals surface area contributed by atoms with Crippen LogP contribution in [0.4, 0.5) is 0 Å². The van der Waals surface area contributed by atoms with Gasteiger partial charge in [0, 0.05) is 17.4 Å². The summed E-state index contributed by atoms with van der Waals surface area (Å²) >= 11 is 3.45. The number of allylic oxidation sites excluding steroid dienone is 7. The van der Waals surface area contributed by atoms with Crippen molar-refractivity contribution in [3.8, 4) is 0 Å². The van der Waals surface area contributed by atoms with E-state index in [1.54, 1.807) is 6.08 Å². The quantitative estimate of drug-likeness (QED) is 0.678. The van der Waals surface area contributed by atoms with Crippen LogP contribution in [0.5, 0.6) is 0 Å². The Morgan fingerprint density at radius 1 is 1.33 bits per heavy atom. The summed E-state index contributed by atoms with van der Waals surface area (Å²) in [7, 11) is 0. The molecule has 4 aliphatic rings. The second kappa shape index (κ2) is 3.60. The van der Waals surface area contributed by atoms with Crippen molar-refractivity contribution in [2.45, 2.75) is 12.5 Å². The molecule has 4 heteroatoms. The van der Waals surface area contributed by atoms with Crippen molar-refractivity contribution in [1.82, 2.24) is 0 Å². The van der Waals surface area contributed by atoms with Crippen molar-refractivity contribution in [3.05, 3.63) is 45.5 Å². The number of nitrogens with zero attached hydrogens (tertiary/aromatic N) is 2. The van der Waals surface area contributed by atoms with E-state index < -0.39 is 0 Å². The molecule has 0 saturated heterocycles. The Balaban J connectivity index is 1.86. The Hall–Kier alpha value is -1.29. The van der Waals surface area contributed by atoms with Crippen LogP contribution in [-0.4, -0.2) is 18.4 Å². The summed E-state index contributed by atoms with van der Waals surface area (Å²) < 4.78 is 0.704. The van der Waals surface area contributed by atoms with Crippen molar-refractivity contribution < 1.29 is 4.79 Å². The fourth-order valence-corrected chi connectivity index (χ4v) is 3.91. The molecule has 0 aromatic heterocycles. The van der Waals surface area contributed by atoms with E-state index in [-0.39, 0.29) is 5.78 Å². The van der Waals surface area contributed by atoms with Crippen LogP contribution in [0, 0.1) is 11.8 Å². The maximum absolute atomic E-state index is 11.8. The first-order chi connectivity index (χ1) is 8.75. The molecule has 4 rings (SSSR count). The van der Waals surface area contributed by atoms with E-state index >= 15 is 0 Å². The molecular formula is C14H11BrN2O. The van der Waals surface area contributed by atoms with E-state index in [9.17, 15) is 4.79 Å². The maximum Gasteiger partial charge on any atom is 0.193 e. The molecule has 0 aromatic rings. The molecule has 0 amide bonds. The van der Waals surface area contributed by atoms with E-state index in [4.69, 9.17) is 0 Å². The van der Waals surface area contributed by atoms with Gasteiger partial charge < -0.3 is 0 Å². The number of carbonyl (C=O) groups is 1. The minimum atomic E-state index is 0.0617. The second-order valence-corrected chi connectivity index (χ2v) is 5.89. The topological polar surface area (TPSA) is 41.8 Å². The standard InChI is InChI=1S/C14H11BrN2O/c15-14-12(18)4-1-7-5-9-8(13(7)14)2-3-11-10(9)6-16-17-11/h1-2,4-5,9-11H,3,6H2. The van der Waals surface area contributed by atoms with Gasteiger partial charge in [0.25, 0.3) is 0 Å². The van der Waals surface area contributed by atoms with Gasteiger partial charge in [-0.25, -0.2) is 0 Å². The molecule has 3 atom stereocenters. The molecule has 1 heterocycles. The number of rotatable bonds is 0. The molecule has 0 bridgehead atoms. The molecule has 0 saturated carbocycles. The molecule has 3 nitrogen and oxygen atoms in total. The third-order valence-corrected chi connectivity index (χ3v) is 4.99. The smallest absolute Gasteiger partial charge is 0.193 e. The molecule has 0 N–H and O–H groups in total. The first-order valence-corrected chi connectivity index (χ1v) is 6.96. The van der Waals surface area contributed by atoms with Gasteiger partial charge in [-0.1, -0.05) is 18.2 Å². The highest BCUT2D eigenvalue weighted by atomic mass is 79.9. The van der Waals surface area contributed by atoms with Crippen LogP contribution in [0.25, 0.3) is 0 Å². The second-order valence-electron chi connectivity index (χ2n) is 5.10. The summed E-state index contributed by atoms with van der Waals surface area (Å²) in [6.07, 6.45) is 9.03. The monoisotopic (exact) mass is 302 g/mol. The molecular weight excluding hydrogens is 292 g/mol. The van der Waals surface area contributed by atoms with Gasteiger partial charge in [-0.2, -0.15) is 10.2 Å². The fourth-order valence-electron chi connectivity index (χ4n) is 3.32. The zero-order chi connectivity index (χ0) is 12.3. The minimum absolute atomic E-state index is 0.0617. The average Bonchev–Trinajstić information content (AvgIpc) is 2.96. The van der Waals surface area contributed by atoms with Crippen LogP contribution < -0.4 is 0 Å². The zero-order valence-electron chi connectivity index (χ0n) is 9.64. The maximum atomic E-state index is 11.8. The number of fused-ring (bicyclic) bond motifs is 5. The van der Waals surface area contributed by atoms with Gasteiger partial charge in [0.1, 0.15) is 0 Å². The lowest BCUT2D eigenvalue weighted by Crippen LogP contribution is -2.28. The number of hydrogen-bond donors (Lipinski definition) is 0. The van der Waals surface area contributed by atoms with Gasteiger partial charge >= 0.3 is 0 Å². The largest absolute Gasteiger partial charge is 0.289 e. The van der Waals surface area contributed by atoms with Crippen molar-refractivity contribution in [2.24, 2.45) is 22.1 Å². The van der Waals surface area contributed by atoms with Crippen LogP contribution >= 0.6 is 15.9 Å². The molecule has 3 unspecified atom stereocenters. The lowest BCUT2D eigenvalue weighted by Gasteiger charge is -2.28. The van der Waals surface area contributed by atoms with Gasteiger partial charge in [0.15, 0.2) is 5.78 Å². The number of ketones is 1. The number of azo groups is 1. The Labute approximate surface area is 113 Å². The lowest BCUT2D eigenvalue weighted by atomic mass is 9.77. The summed E-state index contributed by atoms with van der Waals surface area (Å²) in [5, 5.41) is 8.50. The number of halogens is 1. The SMILES string of the molecule is O=C1C=CC2=CC3C(=CCC4N=NCC43)C2=C1Br. The highest BCUT2D eigenvalue weighted by molar-refractivity contribution is 9.12. The van der Waals surface area contributed by atoms with Gasteiger partial charge in [0.2, 0.25) is 0 Å².